The quantitative estimate of drug-likeness (QED) is 0.511. The average Bonchev–Trinajstić information content (AvgIpc) is 2.83. The molecule has 7 heteroatoms. The first-order valence-electron chi connectivity index (χ1n) is 6.42. The van der Waals surface area contributed by atoms with Gasteiger partial charge in [-0.3, -0.25) is 0 Å². The molecule has 114 valence electrons. The van der Waals surface area contributed by atoms with E-state index >= 15 is 0 Å². The van der Waals surface area contributed by atoms with Crippen LogP contribution in [0.1, 0.15) is 21.8 Å². The van der Waals surface area contributed by atoms with Gasteiger partial charge in [0.15, 0.2) is 10.8 Å². The predicted molar refractivity (Wildman–Crippen MR) is 78.8 cm³/mol. The summed E-state index contributed by atoms with van der Waals surface area (Å²) in [4.78, 5) is 19.0. The highest BCUT2D eigenvalue weighted by molar-refractivity contribution is 7.15. The lowest BCUT2D eigenvalue weighted by Crippen LogP contribution is -2.29. The Morgan fingerprint density at radius 1 is 1.20 bits per heavy atom. The fourth-order valence-electron chi connectivity index (χ4n) is 1.71. The topological polar surface area (TPSA) is 60.9 Å². The molecule has 0 N–H and O–H groups in total. The number of hydrogen-bond acceptors (Lipinski definition) is 7. The van der Waals surface area contributed by atoms with E-state index in [2.05, 4.69) is 9.88 Å². The van der Waals surface area contributed by atoms with Crippen molar-refractivity contribution in [2.45, 2.75) is 13.3 Å². The Kier molecular flexibility index (Phi) is 7.50. The molecule has 0 spiro atoms. The van der Waals surface area contributed by atoms with Gasteiger partial charge in [0.1, 0.15) is 0 Å². The normalized spacial score (nSPS) is 10.6. The van der Waals surface area contributed by atoms with Crippen molar-refractivity contribution in [3.8, 4) is 0 Å². The van der Waals surface area contributed by atoms with Crippen LogP contribution in [0.4, 0.5) is 5.13 Å². The van der Waals surface area contributed by atoms with Gasteiger partial charge in [0.05, 0.1) is 13.7 Å². The summed E-state index contributed by atoms with van der Waals surface area (Å²) in [6.07, 6.45) is 0.895. The molecule has 1 aromatic rings. The molecule has 0 amide bonds. The number of aryl methyl sites for hydroxylation is 1. The summed E-state index contributed by atoms with van der Waals surface area (Å²) in [5.41, 5.74) is 0.390. The summed E-state index contributed by atoms with van der Waals surface area (Å²) in [5, 5.41) is 0.816. The Labute approximate surface area is 123 Å². The fraction of sp³-hybridized carbons (Fsp3) is 0.692. The Morgan fingerprint density at radius 2 is 1.90 bits per heavy atom. The van der Waals surface area contributed by atoms with Crippen LogP contribution in [0.2, 0.25) is 0 Å². The maximum Gasteiger partial charge on any atom is 0.357 e. The van der Waals surface area contributed by atoms with Crippen molar-refractivity contribution in [1.29, 1.82) is 0 Å². The van der Waals surface area contributed by atoms with E-state index in [1.165, 1.54) is 18.4 Å². The van der Waals surface area contributed by atoms with Crippen LogP contribution in [0, 0.1) is 6.92 Å². The molecular weight excluding hydrogens is 280 g/mol. The van der Waals surface area contributed by atoms with Gasteiger partial charge < -0.3 is 19.1 Å². The third-order valence-corrected chi connectivity index (χ3v) is 3.81. The predicted octanol–water partition coefficient (Wildman–Crippen LogP) is 1.73. The van der Waals surface area contributed by atoms with Crippen LogP contribution in [0.15, 0.2) is 0 Å². The zero-order chi connectivity index (χ0) is 15.0. The van der Waals surface area contributed by atoms with E-state index in [0.717, 1.165) is 29.5 Å². The van der Waals surface area contributed by atoms with Crippen molar-refractivity contribution in [1.82, 2.24) is 4.98 Å². The lowest BCUT2D eigenvalue weighted by atomic mass is 10.4. The molecule has 1 heterocycles. The maximum atomic E-state index is 11.6. The van der Waals surface area contributed by atoms with Gasteiger partial charge in [-0.05, 0) is 13.3 Å². The van der Waals surface area contributed by atoms with E-state index in [-0.39, 0.29) is 0 Å². The van der Waals surface area contributed by atoms with E-state index in [1.807, 2.05) is 6.92 Å². The number of carbonyl (C=O) groups excluding carboxylic acids is 1. The maximum absolute atomic E-state index is 11.6. The summed E-state index contributed by atoms with van der Waals surface area (Å²) in [7, 11) is 4.71. The summed E-state index contributed by atoms with van der Waals surface area (Å²) in [5.74, 6) is -0.395. The van der Waals surface area contributed by atoms with Crippen molar-refractivity contribution in [2.75, 3.05) is 52.5 Å². The van der Waals surface area contributed by atoms with Gasteiger partial charge >= 0.3 is 5.97 Å². The zero-order valence-corrected chi connectivity index (χ0v) is 13.3. The van der Waals surface area contributed by atoms with Crippen molar-refractivity contribution in [2.24, 2.45) is 0 Å². The number of methoxy groups -OCH3 is 3. The molecule has 0 aliphatic heterocycles. The molecule has 6 nitrogen and oxygen atoms in total. The molecule has 0 aromatic carbocycles. The van der Waals surface area contributed by atoms with E-state index in [9.17, 15) is 4.79 Å². The highest BCUT2D eigenvalue weighted by Crippen LogP contribution is 2.26. The number of thiazole rings is 1. The summed E-state index contributed by atoms with van der Waals surface area (Å²) >= 11 is 1.49. The number of hydrogen-bond donors (Lipinski definition) is 0. The van der Waals surface area contributed by atoms with Crippen LogP contribution < -0.4 is 4.90 Å². The monoisotopic (exact) mass is 302 g/mol. The highest BCUT2D eigenvalue weighted by Gasteiger charge is 2.19. The number of anilines is 1. The Morgan fingerprint density at radius 3 is 2.50 bits per heavy atom. The lowest BCUT2D eigenvalue weighted by molar-refractivity contribution is 0.0594. The summed E-state index contributed by atoms with van der Waals surface area (Å²) < 4.78 is 14.9. The smallest absolute Gasteiger partial charge is 0.357 e. The van der Waals surface area contributed by atoms with Crippen molar-refractivity contribution in [3.05, 3.63) is 10.6 Å². The highest BCUT2D eigenvalue weighted by atomic mass is 32.1. The summed E-state index contributed by atoms with van der Waals surface area (Å²) in [6.45, 7) is 4.71. The molecule has 0 saturated carbocycles. The van der Waals surface area contributed by atoms with Crippen LogP contribution in [-0.2, 0) is 14.2 Å². The third kappa shape index (κ3) is 4.73. The molecule has 20 heavy (non-hydrogen) atoms. The van der Waals surface area contributed by atoms with Gasteiger partial charge in [-0.2, -0.15) is 0 Å². The molecule has 1 rings (SSSR count). The molecular formula is C13H22N2O4S. The molecule has 0 saturated heterocycles. The van der Waals surface area contributed by atoms with Gasteiger partial charge in [-0.25, -0.2) is 9.78 Å². The molecule has 0 atom stereocenters. The van der Waals surface area contributed by atoms with Gasteiger partial charge in [-0.15, -0.1) is 11.3 Å². The number of carbonyl (C=O) groups is 1. The molecule has 0 fully saturated rings. The molecule has 1 aromatic heterocycles. The van der Waals surface area contributed by atoms with Gasteiger partial charge in [0, 0.05) is 38.8 Å². The number of aromatic nitrogens is 1. The number of ether oxygens (including phenoxy) is 3. The molecule has 0 unspecified atom stereocenters. The largest absolute Gasteiger partial charge is 0.464 e. The zero-order valence-electron chi connectivity index (χ0n) is 12.5. The number of esters is 1. The number of rotatable bonds is 9. The van der Waals surface area contributed by atoms with Crippen LogP contribution in [0.25, 0.3) is 0 Å². The minimum Gasteiger partial charge on any atom is -0.464 e. The first-order valence-corrected chi connectivity index (χ1v) is 7.24. The average molecular weight is 302 g/mol. The first-order chi connectivity index (χ1) is 9.63. The third-order valence-electron chi connectivity index (χ3n) is 2.78. The van der Waals surface area contributed by atoms with Gasteiger partial charge in [0.2, 0.25) is 0 Å². The lowest BCUT2D eigenvalue weighted by Gasteiger charge is -2.21. The van der Waals surface area contributed by atoms with Gasteiger partial charge in [0.25, 0.3) is 0 Å². The van der Waals surface area contributed by atoms with Gasteiger partial charge in [-0.1, -0.05) is 0 Å². The molecule has 0 aliphatic rings. The molecule has 0 bridgehead atoms. The molecule has 0 aliphatic carbocycles. The SMILES string of the molecule is COCCCN(CCOC)c1nc(C(=O)OC)c(C)s1. The fourth-order valence-corrected chi connectivity index (χ4v) is 2.66. The number of nitrogens with zero attached hydrogens (tertiary/aromatic N) is 2. The van der Waals surface area contributed by atoms with E-state index in [1.54, 1.807) is 14.2 Å². The second-order valence-corrected chi connectivity index (χ2v) is 5.40. The van der Waals surface area contributed by atoms with Crippen molar-refractivity contribution in [3.63, 3.8) is 0 Å². The van der Waals surface area contributed by atoms with E-state index < -0.39 is 5.97 Å². The van der Waals surface area contributed by atoms with Crippen molar-refractivity contribution >= 4 is 22.4 Å². The van der Waals surface area contributed by atoms with Crippen LogP contribution >= 0.6 is 11.3 Å². The van der Waals surface area contributed by atoms with Crippen molar-refractivity contribution < 1.29 is 19.0 Å². The van der Waals surface area contributed by atoms with Crippen LogP contribution in [0.5, 0.6) is 0 Å². The summed E-state index contributed by atoms with van der Waals surface area (Å²) in [6, 6.07) is 0. The Bertz CT molecular complexity index is 423. The van der Waals surface area contributed by atoms with E-state index in [4.69, 9.17) is 14.2 Å². The molecule has 0 radical (unpaired) electrons. The second-order valence-electron chi connectivity index (χ2n) is 4.22. The Balaban J connectivity index is 2.80. The minimum atomic E-state index is -0.395. The first kappa shape index (κ1) is 16.9. The minimum absolute atomic E-state index is 0.390. The second kappa shape index (κ2) is 8.89. The van der Waals surface area contributed by atoms with Crippen LogP contribution in [-0.4, -0.2) is 58.6 Å². The van der Waals surface area contributed by atoms with Crippen LogP contribution in [0.3, 0.4) is 0 Å². The standard InChI is InChI=1S/C13H22N2O4S/c1-10-11(12(16)19-4)14-13(20-10)15(7-9-18-3)6-5-8-17-2/h5-9H2,1-4H3. The van der Waals surface area contributed by atoms with E-state index in [0.29, 0.717) is 18.9 Å². The Hall–Kier alpha value is -1.18.